The van der Waals surface area contributed by atoms with Crippen molar-refractivity contribution in [3.63, 3.8) is 0 Å². The molecule has 0 fully saturated rings. The van der Waals surface area contributed by atoms with Gasteiger partial charge in [-0.3, -0.25) is 4.98 Å². The van der Waals surface area contributed by atoms with Crippen LogP contribution in [0.3, 0.4) is 0 Å². The Hall–Kier alpha value is -1.91. The van der Waals surface area contributed by atoms with Crippen LogP contribution in [-0.4, -0.2) is 14.5 Å². The van der Waals surface area contributed by atoms with Crippen molar-refractivity contribution >= 4 is 22.6 Å². The zero-order valence-corrected chi connectivity index (χ0v) is 12.6. The highest BCUT2D eigenvalue weighted by Crippen LogP contribution is 2.25. The van der Waals surface area contributed by atoms with E-state index in [0.29, 0.717) is 11.6 Å². The number of rotatable bonds is 4. The van der Waals surface area contributed by atoms with Gasteiger partial charge in [-0.2, -0.15) is 0 Å². The van der Waals surface area contributed by atoms with Crippen LogP contribution in [0, 0.1) is 0 Å². The van der Waals surface area contributed by atoms with Crippen LogP contribution in [0.1, 0.15) is 18.9 Å². The molecule has 0 bridgehead atoms. The molecule has 5 heteroatoms. The Morgan fingerprint density at radius 1 is 1.24 bits per heavy atom. The standard InChI is InChI=1S/C16H17ClN4/c1-2-7-21-15-6-3-11(9-18)8-14(15)20-16(21)13-5-4-12(17)10-19-13/h3-6,8,10H,2,7,9,18H2,1H3. The molecule has 0 aliphatic rings. The Kier molecular flexibility index (Phi) is 3.90. The SMILES string of the molecule is CCCn1c(-c2ccc(Cl)cn2)nc2cc(CN)ccc21. The number of halogens is 1. The third kappa shape index (κ3) is 2.64. The van der Waals surface area contributed by atoms with Crippen molar-refractivity contribution in [2.45, 2.75) is 26.4 Å². The van der Waals surface area contributed by atoms with Crippen LogP contribution in [0.2, 0.25) is 5.02 Å². The Morgan fingerprint density at radius 3 is 2.76 bits per heavy atom. The quantitative estimate of drug-likeness (QED) is 0.800. The average molecular weight is 301 g/mol. The van der Waals surface area contributed by atoms with E-state index in [1.807, 2.05) is 18.2 Å². The number of aryl methyl sites for hydroxylation is 1. The highest BCUT2D eigenvalue weighted by Gasteiger charge is 2.13. The molecule has 3 rings (SSSR count). The smallest absolute Gasteiger partial charge is 0.159 e. The van der Waals surface area contributed by atoms with Crippen LogP contribution in [0.25, 0.3) is 22.6 Å². The minimum atomic E-state index is 0.519. The molecule has 2 aromatic heterocycles. The van der Waals surface area contributed by atoms with Crippen molar-refractivity contribution < 1.29 is 0 Å². The molecule has 0 radical (unpaired) electrons. The Balaban J connectivity index is 2.20. The number of pyridine rings is 1. The maximum atomic E-state index is 5.91. The fourth-order valence-electron chi connectivity index (χ4n) is 2.46. The van der Waals surface area contributed by atoms with E-state index in [-0.39, 0.29) is 0 Å². The summed E-state index contributed by atoms with van der Waals surface area (Å²) in [6.45, 7) is 3.57. The van der Waals surface area contributed by atoms with Gasteiger partial charge in [0.2, 0.25) is 0 Å². The number of hydrogen-bond acceptors (Lipinski definition) is 3. The lowest BCUT2D eigenvalue weighted by Gasteiger charge is -2.07. The maximum Gasteiger partial charge on any atom is 0.159 e. The molecule has 2 heterocycles. The number of aromatic nitrogens is 3. The van der Waals surface area contributed by atoms with E-state index >= 15 is 0 Å². The first-order chi connectivity index (χ1) is 10.2. The molecular formula is C16H17ClN4. The summed E-state index contributed by atoms with van der Waals surface area (Å²) in [5, 5.41) is 0.627. The summed E-state index contributed by atoms with van der Waals surface area (Å²) in [6.07, 6.45) is 2.68. The normalized spacial score (nSPS) is 11.2. The largest absolute Gasteiger partial charge is 0.326 e. The minimum absolute atomic E-state index is 0.519. The van der Waals surface area contributed by atoms with Crippen molar-refractivity contribution in [3.05, 3.63) is 47.1 Å². The summed E-state index contributed by atoms with van der Waals surface area (Å²) in [6, 6.07) is 9.92. The molecular weight excluding hydrogens is 284 g/mol. The van der Waals surface area contributed by atoms with Crippen molar-refractivity contribution in [1.29, 1.82) is 0 Å². The van der Waals surface area contributed by atoms with E-state index < -0.39 is 0 Å². The molecule has 3 aromatic rings. The van der Waals surface area contributed by atoms with Gasteiger partial charge in [0.15, 0.2) is 5.82 Å². The maximum absolute atomic E-state index is 5.91. The third-order valence-corrected chi connectivity index (χ3v) is 3.68. The summed E-state index contributed by atoms with van der Waals surface area (Å²) < 4.78 is 2.20. The summed E-state index contributed by atoms with van der Waals surface area (Å²) in [5.74, 6) is 0.873. The molecule has 1 aromatic carbocycles. The van der Waals surface area contributed by atoms with Crippen molar-refractivity contribution in [3.8, 4) is 11.5 Å². The number of imidazole rings is 1. The lowest BCUT2D eigenvalue weighted by molar-refractivity contribution is 0.702. The molecule has 0 atom stereocenters. The molecule has 0 unspecified atom stereocenters. The highest BCUT2D eigenvalue weighted by atomic mass is 35.5. The van der Waals surface area contributed by atoms with Gasteiger partial charge in [0.05, 0.1) is 16.1 Å². The van der Waals surface area contributed by atoms with E-state index in [4.69, 9.17) is 22.3 Å². The van der Waals surface area contributed by atoms with Gasteiger partial charge in [-0.25, -0.2) is 4.98 Å². The number of fused-ring (bicyclic) bond motifs is 1. The van der Waals surface area contributed by atoms with Gasteiger partial charge in [-0.1, -0.05) is 24.6 Å². The first-order valence-corrected chi connectivity index (χ1v) is 7.42. The Labute approximate surface area is 128 Å². The van der Waals surface area contributed by atoms with Crippen LogP contribution in [0.5, 0.6) is 0 Å². The van der Waals surface area contributed by atoms with Crippen LogP contribution in [0.15, 0.2) is 36.5 Å². The van der Waals surface area contributed by atoms with Gasteiger partial charge < -0.3 is 10.3 Å². The predicted octanol–water partition coefficient (Wildman–Crippen LogP) is 3.62. The summed E-state index contributed by atoms with van der Waals surface area (Å²) in [7, 11) is 0. The summed E-state index contributed by atoms with van der Waals surface area (Å²) in [5.41, 5.74) is 9.69. The second-order valence-corrected chi connectivity index (χ2v) is 5.41. The van der Waals surface area contributed by atoms with Crippen LogP contribution >= 0.6 is 11.6 Å². The molecule has 4 nitrogen and oxygen atoms in total. The van der Waals surface area contributed by atoms with Crippen molar-refractivity contribution in [2.24, 2.45) is 5.73 Å². The van der Waals surface area contributed by atoms with Crippen LogP contribution in [0.4, 0.5) is 0 Å². The van der Waals surface area contributed by atoms with E-state index in [9.17, 15) is 0 Å². The monoisotopic (exact) mass is 300 g/mol. The predicted molar refractivity (Wildman–Crippen MR) is 86.2 cm³/mol. The molecule has 0 amide bonds. The molecule has 108 valence electrons. The lowest BCUT2D eigenvalue weighted by Crippen LogP contribution is -2.01. The number of nitrogens with two attached hydrogens (primary N) is 1. The number of hydrogen-bond donors (Lipinski definition) is 1. The highest BCUT2D eigenvalue weighted by molar-refractivity contribution is 6.30. The summed E-state index contributed by atoms with van der Waals surface area (Å²) >= 11 is 5.91. The van der Waals surface area contributed by atoms with Gasteiger partial charge in [-0.15, -0.1) is 0 Å². The molecule has 21 heavy (non-hydrogen) atoms. The second kappa shape index (κ2) is 5.84. The van der Waals surface area contributed by atoms with E-state index in [0.717, 1.165) is 41.1 Å². The molecule has 0 spiro atoms. The first-order valence-electron chi connectivity index (χ1n) is 7.04. The van der Waals surface area contributed by atoms with Crippen molar-refractivity contribution in [2.75, 3.05) is 0 Å². The lowest BCUT2D eigenvalue weighted by atomic mass is 10.2. The number of benzene rings is 1. The Bertz CT molecular complexity index is 762. The van der Waals surface area contributed by atoms with E-state index in [1.165, 1.54) is 0 Å². The molecule has 0 saturated heterocycles. The van der Waals surface area contributed by atoms with Gasteiger partial charge in [-0.05, 0) is 36.2 Å². The van der Waals surface area contributed by atoms with Gasteiger partial charge >= 0.3 is 0 Å². The minimum Gasteiger partial charge on any atom is -0.326 e. The average Bonchev–Trinajstić information content (AvgIpc) is 2.86. The van der Waals surface area contributed by atoms with Crippen LogP contribution < -0.4 is 5.73 Å². The number of nitrogens with zero attached hydrogens (tertiary/aromatic N) is 3. The van der Waals surface area contributed by atoms with E-state index in [1.54, 1.807) is 6.20 Å². The van der Waals surface area contributed by atoms with Gasteiger partial charge in [0.25, 0.3) is 0 Å². The van der Waals surface area contributed by atoms with Gasteiger partial charge in [0, 0.05) is 19.3 Å². The molecule has 0 saturated carbocycles. The van der Waals surface area contributed by atoms with Crippen molar-refractivity contribution in [1.82, 2.24) is 14.5 Å². The molecule has 0 aliphatic carbocycles. The molecule has 2 N–H and O–H groups in total. The fraction of sp³-hybridized carbons (Fsp3) is 0.250. The molecule has 0 aliphatic heterocycles. The summed E-state index contributed by atoms with van der Waals surface area (Å²) in [4.78, 5) is 9.13. The zero-order chi connectivity index (χ0) is 14.8. The third-order valence-electron chi connectivity index (χ3n) is 3.45. The second-order valence-electron chi connectivity index (χ2n) is 4.98. The topological polar surface area (TPSA) is 56.7 Å². The first kappa shape index (κ1) is 14.0. The fourth-order valence-corrected chi connectivity index (χ4v) is 2.57. The Morgan fingerprint density at radius 2 is 2.10 bits per heavy atom. The zero-order valence-electron chi connectivity index (χ0n) is 11.9. The van der Waals surface area contributed by atoms with Crippen LogP contribution in [-0.2, 0) is 13.1 Å². The van der Waals surface area contributed by atoms with Gasteiger partial charge in [0.1, 0.15) is 5.69 Å². The van der Waals surface area contributed by atoms with E-state index in [2.05, 4.69) is 28.6 Å².